The zero-order valence-electron chi connectivity index (χ0n) is 13.1. The highest BCUT2D eigenvalue weighted by atomic mass is 35.5. The van der Waals surface area contributed by atoms with Crippen LogP contribution < -0.4 is 15.0 Å². The topological polar surface area (TPSA) is 71.5 Å². The van der Waals surface area contributed by atoms with E-state index < -0.39 is 0 Å². The van der Waals surface area contributed by atoms with Gasteiger partial charge in [-0.15, -0.1) is 0 Å². The van der Waals surface area contributed by atoms with Crippen LogP contribution in [-0.4, -0.2) is 30.5 Å². The molecule has 6 nitrogen and oxygen atoms in total. The first-order valence-electron chi connectivity index (χ1n) is 7.50. The lowest BCUT2D eigenvalue weighted by Crippen LogP contribution is -2.24. The number of rotatable bonds is 4. The van der Waals surface area contributed by atoms with Crippen LogP contribution in [0.3, 0.4) is 0 Å². The first kappa shape index (κ1) is 16.3. The third kappa shape index (κ3) is 3.33. The predicted octanol–water partition coefficient (Wildman–Crippen LogP) is 3.12. The number of carbonyl (C=O) groups excluding carboxylic acids is 2. The van der Waals surface area contributed by atoms with Crippen molar-refractivity contribution in [3.8, 4) is 5.75 Å². The molecule has 0 atom stereocenters. The van der Waals surface area contributed by atoms with Gasteiger partial charge >= 0.3 is 0 Å². The van der Waals surface area contributed by atoms with E-state index in [1.807, 2.05) is 0 Å². The molecule has 1 N–H and O–H groups in total. The van der Waals surface area contributed by atoms with Gasteiger partial charge in [-0.3, -0.25) is 9.59 Å². The standard InChI is InChI=1S/C17H16ClN3O3/c1-24-14-10-12(4-5-13(14)21-8-2-3-16(21)22)20-17(23)11-6-7-19-15(18)9-11/h4-7,9-10H,2-3,8H2,1H3,(H,20,23). The van der Waals surface area contributed by atoms with Crippen LogP contribution in [0.4, 0.5) is 11.4 Å². The maximum absolute atomic E-state index is 12.3. The van der Waals surface area contributed by atoms with E-state index in [4.69, 9.17) is 16.3 Å². The number of benzene rings is 1. The molecule has 0 spiro atoms. The van der Waals surface area contributed by atoms with E-state index in [2.05, 4.69) is 10.3 Å². The molecular weight excluding hydrogens is 330 g/mol. The van der Waals surface area contributed by atoms with Gasteiger partial charge in [-0.05, 0) is 30.7 Å². The molecule has 7 heteroatoms. The van der Waals surface area contributed by atoms with Crippen molar-refractivity contribution in [1.82, 2.24) is 4.98 Å². The van der Waals surface area contributed by atoms with Crippen LogP contribution in [-0.2, 0) is 4.79 Å². The van der Waals surface area contributed by atoms with E-state index in [1.54, 1.807) is 29.2 Å². The van der Waals surface area contributed by atoms with E-state index in [0.717, 1.165) is 6.42 Å². The number of aromatic nitrogens is 1. The Morgan fingerprint density at radius 2 is 2.17 bits per heavy atom. The van der Waals surface area contributed by atoms with Crippen LogP contribution in [0.1, 0.15) is 23.2 Å². The van der Waals surface area contributed by atoms with Gasteiger partial charge < -0.3 is 15.0 Å². The van der Waals surface area contributed by atoms with Gasteiger partial charge in [0, 0.05) is 36.5 Å². The fourth-order valence-corrected chi connectivity index (χ4v) is 2.80. The Morgan fingerprint density at radius 1 is 1.33 bits per heavy atom. The molecular formula is C17H16ClN3O3. The number of methoxy groups -OCH3 is 1. The summed E-state index contributed by atoms with van der Waals surface area (Å²) in [6, 6.07) is 8.28. The molecule has 1 fully saturated rings. The summed E-state index contributed by atoms with van der Waals surface area (Å²) in [7, 11) is 1.54. The molecule has 0 saturated carbocycles. The molecule has 24 heavy (non-hydrogen) atoms. The number of nitrogens with zero attached hydrogens (tertiary/aromatic N) is 2. The highest BCUT2D eigenvalue weighted by Crippen LogP contribution is 2.33. The molecule has 124 valence electrons. The van der Waals surface area contributed by atoms with Gasteiger partial charge in [0.15, 0.2) is 0 Å². The van der Waals surface area contributed by atoms with Crippen LogP contribution in [0.5, 0.6) is 5.75 Å². The fraction of sp³-hybridized carbons (Fsp3) is 0.235. The number of carbonyl (C=O) groups is 2. The van der Waals surface area contributed by atoms with Crippen molar-refractivity contribution < 1.29 is 14.3 Å². The van der Waals surface area contributed by atoms with Gasteiger partial charge in [0.05, 0.1) is 12.8 Å². The lowest BCUT2D eigenvalue weighted by atomic mass is 10.2. The normalized spacial score (nSPS) is 13.9. The van der Waals surface area contributed by atoms with Crippen molar-refractivity contribution in [3.63, 3.8) is 0 Å². The molecule has 0 aliphatic carbocycles. The summed E-state index contributed by atoms with van der Waals surface area (Å²) in [5.41, 5.74) is 1.69. The number of nitrogens with one attached hydrogen (secondary N) is 1. The maximum atomic E-state index is 12.3. The van der Waals surface area contributed by atoms with Gasteiger partial charge in [-0.2, -0.15) is 0 Å². The number of amides is 2. The highest BCUT2D eigenvalue weighted by Gasteiger charge is 2.24. The van der Waals surface area contributed by atoms with Gasteiger partial charge in [-0.1, -0.05) is 11.6 Å². The zero-order valence-corrected chi connectivity index (χ0v) is 13.8. The molecule has 2 amide bonds. The monoisotopic (exact) mass is 345 g/mol. The summed E-state index contributed by atoms with van der Waals surface area (Å²) in [6.07, 6.45) is 2.85. The second-order valence-electron chi connectivity index (χ2n) is 5.36. The Morgan fingerprint density at radius 3 is 2.83 bits per heavy atom. The van der Waals surface area contributed by atoms with E-state index in [0.29, 0.717) is 35.7 Å². The van der Waals surface area contributed by atoms with Crippen molar-refractivity contribution in [3.05, 3.63) is 47.2 Å². The zero-order chi connectivity index (χ0) is 17.1. The molecule has 0 radical (unpaired) electrons. The SMILES string of the molecule is COc1cc(NC(=O)c2ccnc(Cl)c2)ccc1N1CCCC1=O. The molecule has 1 aromatic heterocycles. The largest absolute Gasteiger partial charge is 0.494 e. The molecule has 2 aromatic rings. The Kier molecular flexibility index (Phi) is 4.66. The number of hydrogen-bond acceptors (Lipinski definition) is 4. The molecule has 3 rings (SSSR count). The molecule has 1 aliphatic heterocycles. The molecule has 1 aromatic carbocycles. The molecule has 1 saturated heterocycles. The number of halogens is 1. The number of pyridine rings is 1. The van der Waals surface area contributed by atoms with Gasteiger partial charge in [0.1, 0.15) is 10.9 Å². The second-order valence-corrected chi connectivity index (χ2v) is 5.74. The number of anilines is 2. The first-order valence-corrected chi connectivity index (χ1v) is 7.87. The van der Waals surface area contributed by atoms with Crippen molar-refractivity contribution in [2.75, 3.05) is 23.9 Å². The van der Waals surface area contributed by atoms with Crippen molar-refractivity contribution in [2.45, 2.75) is 12.8 Å². The minimum Gasteiger partial charge on any atom is -0.494 e. The Labute approximate surface area is 144 Å². The Bertz CT molecular complexity index is 794. The fourth-order valence-electron chi connectivity index (χ4n) is 2.63. The maximum Gasteiger partial charge on any atom is 0.255 e. The minimum atomic E-state index is -0.300. The minimum absolute atomic E-state index is 0.0801. The highest BCUT2D eigenvalue weighted by molar-refractivity contribution is 6.29. The van der Waals surface area contributed by atoms with Crippen molar-refractivity contribution in [1.29, 1.82) is 0 Å². The smallest absolute Gasteiger partial charge is 0.255 e. The van der Waals surface area contributed by atoms with Crippen molar-refractivity contribution >= 4 is 34.8 Å². The van der Waals surface area contributed by atoms with Gasteiger partial charge in [0.2, 0.25) is 5.91 Å². The molecule has 2 heterocycles. The van der Waals surface area contributed by atoms with E-state index in [-0.39, 0.29) is 17.0 Å². The van der Waals surface area contributed by atoms with E-state index >= 15 is 0 Å². The summed E-state index contributed by atoms with van der Waals surface area (Å²) >= 11 is 5.80. The summed E-state index contributed by atoms with van der Waals surface area (Å²) < 4.78 is 5.38. The lowest BCUT2D eigenvalue weighted by Gasteiger charge is -2.19. The van der Waals surface area contributed by atoms with Gasteiger partial charge in [0.25, 0.3) is 5.91 Å². The van der Waals surface area contributed by atoms with Crippen LogP contribution in [0.2, 0.25) is 5.15 Å². The average molecular weight is 346 g/mol. The van der Waals surface area contributed by atoms with E-state index in [9.17, 15) is 9.59 Å². The quantitative estimate of drug-likeness (QED) is 0.864. The van der Waals surface area contributed by atoms with Crippen molar-refractivity contribution in [2.24, 2.45) is 0 Å². The van der Waals surface area contributed by atoms with Crippen LogP contribution in [0.25, 0.3) is 0 Å². The number of hydrogen-bond donors (Lipinski definition) is 1. The van der Waals surface area contributed by atoms with Crippen LogP contribution in [0.15, 0.2) is 36.5 Å². The Hall–Kier alpha value is -2.60. The van der Waals surface area contributed by atoms with Gasteiger partial charge in [-0.25, -0.2) is 4.98 Å². The molecule has 0 bridgehead atoms. The number of ether oxygens (including phenoxy) is 1. The molecule has 0 unspecified atom stereocenters. The summed E-state index contributed by atoms with van der Waals surface area (Å²) in [4.78, 5) is 29.7. The second kappa shape index (κ2) is 6.88. The first-order chi connectivity index (χ1) is 11.6. The summed E-state index contributed by atoms with van der Waals surface area (Å²) in [5.74, 6) is 0.318. The Balaban J connectivity index is 1.82. The van der Waals surface area contributed by atoms with E-state index in [1.165, 1.54) is 19.4 Å². The molecule has 1 aliphatic rings. The lowest BCUT2D eigenvalue weighted by molar-refractivity contribution is -0.117. The third-order valence-corrected chi connectivity index (χ3v) is 4.00. The third-order valence-electron chi connectivity index (χ3n) is 3.79. The predicted molar refractivity (Wildman–Crippen MR) is 91.8 cm³/mol. The average Bonchev–Trinajstić information content (AvgIpc) is 3.00. The van der Waals surface area contributed by atoms with Crippen LogP contribution in [0, 0.1) is 0 Å². The summed E-state index contributed by atoms with van der Waals surface area (Å²) in [5, 5.41) is 3.03. The van der Waals surface area contributed by atoms with Crippen LogP contribution >= 0.6 is 11.6 Å². The summed E-state index contributed by atoms with van der Waals surface area (Å²) in [6.45, 7) is 0.677.